The quantitative estimate of drug-likeness (QED) is 0.771. The van der Waals surface area contributed by atoms with E-state index >= 15 is 0 Å². The molecule has 1 saturated carbocycles. The van der Waals surface area contributed by atoms with Gasteiger partial charge in [0.2, 0.25) is 0 Å². The number of hydrogen-bond acceptors (Lipinski definition) is 2. The molecule has 72 valence electrons. The Balaban J connectivity index is 1.81. The van der Waals surface area contributed by atoms with Crippen LogP contribution in [0.25, 0.3) is 0 Å². The second kappa shape index (κ2) is 3.18. The highest BCUT2D eigenvalue weighted by molar-refractivity contribution is 5.06. The third-order valence-corrected chi connectivity index (χ3v) is 3.15. The Labute approximate surface area is 79.3 Å². The summed E-state index contributed by atoms with van der Waals surface area (Å²) in [6.45, 7) is 5.58. The third kappa shape index (κ3) is 1.78. The maximum atomic E-state index is 5.01. The first-order valence-electron chi connectivity index (χ1n) is 4.93. The summed E-state index contributed by atoms with van der Waals surface area (Å²) in [5.74, 6) is 0. The summed E-state index contributed by atoms with van der Waals surface area (Å²) in [7, 11) is 0. The molecule has 1 aromatic rings. The van der Waals surface area contributed by atoms with Crippen molar-refractivity contribution in [1.82, 2.24) is 5.32 Å². The van der Waals surface area contributed by atoms with Gasteiger partial charge in [-0.1, -0.05) is 13.8 Å². The SMILES string of the molecule is CC1(C)CCC1NCc1ccoc1. The van der Waals surface area contributed by atoms with Crippen molar-refractivity contribution in [2.75, 3.05) is 0 Å². The number of furan rings is 1. The second-order valence-corrected chi connectivity index (χ2v) is 4.59. The van der Waals surface area contributed by atoms with Crippen LogP contribution in [-0.4, -0.2) is 6.04 Å². The van der Waals surface area contributed by atoms with E-state index < -0.39 is 0 Å². The highest BCUT2D eigenvalue weighted by Gasteiger charge is 2.37. The summed E-state index contributed by atoms with van der Waals surface area (Å²) < 4.78 is 5.01. The lowest BCUT2D eigenvalue weighted by atomic mass is 9.67. The molecule has 0 bridgehead atoms. The number of hydrogen-bond donors (Lipinski definition) is 1. The molecule has 0 saturated heterocycles. The molecule has 0 spiro atoms. The number of nitrogens with one attached hydrogen (secondary N) is 1. The van der Waals surface area contributed by atoms with Crippen LogP contribution in [-0.2, 0) is 6.54 Å². The van der Waals surface area contributed by atoms with Gasteiger partial charge >= 0.3 is 0 Å². The molecule has 1 aliphatic rings. The van der Waals surface area contributed by atoms with Crippen LogP contribution < -0.4 is 5.32 Å². The van der Waals surface area contributed by atoms with Gasteiger partial charge < -0.3 is 9.73 Å². The lowest BCUT2D eigenvalue weighted by molar-refractivity contribution is 0.108. The summed E-state index contributed by atoms with van der Waals surface area (Å²) in [6.07, 6.45) is 6.18. The van der Waals surface area contributed by atoms with Gasteiger partial charge in [0, 0.05) is 18.2 Å². The molecule has 1 aliphatic carbocycles. The van der Waals surface area contributed by atoms with Crippen molar-refractivity contribution in [3.63, 3.8) is 0 Å². The normalized spacial score (nSPS) is 25.5. The van der Waals surface area contributed by atoms with Crippen molar-refractivity contribution >= 4 is 0 Å². The first-order valence-corrected chi connectivity index (χ1v) is 4.93. The molecule has 0 amide bonds. The van der Waals surface area contributed by atoms with Gasteiger partial charge in [-0.25, -0.2) is 0 Å². The minimum Gasteiger partial charge on any atom is -0.472 e. The summed E-state index contributed by atoms with van der Waals surface area (Å²) >= 11 is 0. The predicted octanol–water partition coefficient (Wildman–Crippen LogP) is 2.56. The zero-order valence-corrected chi connectivity index (χ0v) is 8.34. The van der Waals surface area contributed by atoms with Gasteiger partial charge in [0.1, 0.15) is 0 Å². The third-order valence-electron chi connectivity index (χ3n) is 3.15. The van der Waals surface area contributed by atoms with Crippen LogP contribution in [0.2, 0.25) is 0 Å². The van der Waals surface area contributed by atoms with E-state index in [4.69, 9.17) is 4.42 Å². The van der Waals surface area contributed by atoms with E-state index in [0.29, 0.717) is 11.5 Å². The molecule has 0 aliphatic heterocycles. The van der Waals surface area contributed by atoms with Crippen LogP contribution in [0.15, 0.2) is 23.0 Å². The Hall–Kier alpha value is -0.760. The van der Waals surface area contributed by atoms with E-state index in [1.54, 1.807) is 12.5 Å². The first kappa shape index (κ1) is 8.82. The Morgan fingerprint density at radius 1 is 1.62 bits per heavy atom. The van der Waals surface area contributed by atoms with Crippen molar-refractivity contribution < 1.29 is 4.42 Å². The summed E-state index contributed by atoms with van der Waals surface area (Å²) in [5, 5.41) is 3.55. The molecule has 13 heavy (non-hydrogen) atoms. The van der Waals surface area contributed by atoms with Gasteiger partial charge in [0.15, 0.2) is 0 Å². The van der Waals surface area contributed by atoms with E-state index in [-0.39, 0.29) is 0 Å². The molecule has 1 N–H and O–H groups in total. The average molecular weight is 179 g/mol. The van der Waals surface area contributed by atoms with Gasteiger partial charge in [0.25, 0.3) is 0 Å². The van der Waals surface area contributed by atoms with E-state index in [9.17, 15) is 0 Å². The molecule has 0 radical (unpaired) electrons. The van der Waals surface area contributed by atoms with Gasteiger partial charge in [0.05, 0.1) is 12.5 Å². The Morgan fingerprint density at radius 3 is 2.92 bits per heavy atom. The van der Waals surface area contributed by atoms with Crippen LogP contribution in [0.3, 0.4) is 0 Å². The van der Waals surface area contributed by atoms with Crippen molar-refractivity contribution in [3.8, 4) is 0 Å². The minimum absolute atomic E-state index is 0.490. The Morgan fingerprint density at radius 2 is 2.46 bits per heavy atom. The highest BCUT2D eigenvalue weighted by atomic mass is 16.3. The fourth-order valence-corrected chi connectivity index (χ4v) is 1.88. The molecular formula is C11H17NO. The standard InChI is InChI=1S/C11H17NO/c1-11(2)5-3-10(11)12-7-9-4-6-13-8-9/h4,6,8,10,12H,3,5,7H2,1-2H3. The predicted molar refractivity (Wildman–Crippen MR) is 52.4 cm³/mol. The molecule has 0 aromatic carbocycles. The lowest BCUT2D eigenvalue weighted by Crippen LogP contribution is -2.49. The van der Waals surface area contributed by atoms with E-state index in [1.807, 2.05) is 6.07 Å². The van der Waals surface area contributed by atoms with Gasteiger partial charge in [-0.05, 0) is 24.3 Å². The zero-order chi connectivity index (χ0) is 9.31. The van der Waals surface area contributed by atoms with Crippen molar-refractivity contribution in [3.05, 3.63) is 24.2 Å². The van der Waals surface area contributed by atoms with Crippen molar-refractivity contribution in [2.45, 2.75) is 39.3 Å². The smallest absolute Gasteiger partial charge is 0.0947 e. The van der Waals surface area contributed by atoms with Crippen LogP contribution in [0.4, 0.5) is 0 Å². The van der Waals surface area contributed by atoms with Crippen LogP contribution in [0.5, 0.6) is 0 Å². The van der Waals surface area contributed by atoms with E-state index in [2.05, 4.69) is 19.2 Å². The molecule has 1 unspecified atom stereocenters. The zero-order valence-electron chi connectivity index (χ0n) is 8.34. The summed E-state index contributed by atoms with van der Waals surface area (Å²) in [6, 6.07) is 2.70. The second-order valence-electron chi connectivity index (χ2n) is 4.59. The van der Waals surface area contributed by atoms with E-state index in [1.165, 1.54) is 18.4 Å². The molecule has 2 heteroatoms. The van der Waals surface area contributed by atoms with Crippen molar-refractivity contribution in [2.24, 2.45) is 5.41 Å². The molecular weight excluding hydrogens is 162 g/mol. The van der Waals surface area contributed by atoms with Gasteiger partial charge in [-0.15, -0.1) is 0 Å². The van der Waals surface area contributed by atoms with Crippen LogP contribution in [0.1, 0.15) is 32.3 Å². The number of rotatable bonds is 3. The molecule has 2 nitrogen and oxygen atoms in total. The molecule has 1 atom stereocenters. The van der Waals surface area contributed by atoms with Crippen LogP contribution >= 0.6 is 0 Å². The summed E-state index contributed by atoms with van der Waals surface area (Å²) in [5.41, 5.74) is 1.73. The summed E-state index contributed by atoms with van der Waals surface area (Å²) in [4.78, 5) is 0. The first-order chi connectivity index (χ1) is 6.18. The maximum absolute atomic E-state index is 5.01. The largest absolute Gasteiger partial charge is 0.472 e. The highest BCUT2D eigenvalue weighted by Crippen LogP contribution is 2.39. The lowest BCUT2D eigenvalue weighted by Gasteiger charge is -2.45. The molecule has 1 heterocycles. The fourth-order valence-electron chi connectivity index (χ4n) is 1.88. The van der Waals surface area contributed by atoms with Gasteiger partial charge in [-0.3, -0.25) is 0 Å². The van der Waals surface area contributed by atoms with Crippen molar-refractivity contribution in [1.29, 1.82) is 0 Å². The monoisotopic (exact) mass is 179 g/mol. The van der Waals surface area contributed by atoms with Crippen LogP contribution in [0, 0.1) is 5.41 Å². The van der Waals surface area contributed by atoms with Gasteiger partial charge in [-0.2, -0.15) is 0 Å². The van der Waals surface area contributed by atoms with E-state index in [0.717, 1.165) is 6.54 Å². The topological polar surface area (TPSA) is 25.2 Å². The Kier molecular flexibility index (Phi) is 2.16. The maximum Gasteiger partial charge on any atom is 0.0947 e. The Bertz CT molecular complexity index is 264. The fraction of sp³-hybridized carbons (Fsp3) is 0.636. The molecule has 1 aromatic heterocycles. The minimum atomic E-state index is 0.490. The molecule has 1 fully saturated rings. The average Bonchev–Trinajstić information content (AvgIpc) is 2.55. The molecule has 2 rings (SSSR count).